The molecular weight excluding hydrogens is 485 g/mol. The average Bonchev–Trinajstić information content (AvgIpc) is 3.46. The van der Waals surface area contributed by atoms with Crippen LogP contribution in [0.25, 0.3) is 0 Å². The summed E-state index contributed by atoms with van der Waals surface area (Å²) in [7, 11) is -3.33. The number of hydrogen-bond donors (Lipinski definition) is 0. The molecule has 166 valence electrons. The molecule has 2 atom stereocenters. The Morgan fingerprint density at radius 3 is 1.72 bits per heavy atom. The van der Waals surface area contributed by atoms with Crippen LogP contribution in [-0.4, -0.2) is 42.4 Å². The molecule has 1 aliphatic heterocycles. The van der Waals surface area contributed by atoms with E-state index in [0.717, 1.165) is 6.54 Å². The average molecular weight is 528 g/mol. The van der Waals surface area contributed by atoms with Gasteiger partial charge in [0.05, 0.1) is 0 Å². The Hall–Kier alpha value is -0.0713. The van der Waals surface area contributed by atoms with Crippen molar-refractivity contribution in [2.24, 2.45) is 0 Å². The van der Waals surface area contributed by atoms with Crippen LogP contribution < -0.4 is 0 Å². The molecule has 0 N–H and O–H groups in total. The molecule has 0 radical (unpaired) electrons. The number of benzene rings is 1. The maximum absolute atomic E-state index is 13.6. The first-order valence-electron chi connectivity index (χ1n) is 11.7. The second-order valence-corrected chi connectivity index (χ2v) is 26.5. The predicted molar refractivity (Wildman–Crippen MR) is 128 cm³/mol. The van der Waals surface area contributed by atoms with Crippen molar-refractivity contribution in [3.8, 4) is 0 Å². The fourth-order valence-corrected chi connectivity index (χ4v) is 28.9. The summed E-state index contributed by atoms with van der Waals surface area (Å²) in [4.78, 5) is 0. The van der Waals surface area contributed by atoms with Crippen molar-refractivity contribution >= 4 is 28.4 Å². The van der Waals surface area contributed by atoms with E-state index in [2.05, 4.69) is 51.1 Å². The summed E-state index contributed by atoms with van der Waals surface area (Å²) >= 11 is -2.91. The standard InChI is InChI=1S/C12H16NO2S.3C4H9.Sn/c1-12(2,3)16(14,15)13-9-11(13)10-7-5-4-6-8-10;3*1-3-4-2;/h4-8H,9H2,1-3H3;3*1,3-4H2,2H3;. The van der Waals surface area contributed by atoms with Gasteiger partial charge in [0.25, 0.3) is 0 Å². The third kappa shape index (κ3) is 4.90. The Morgan fingerprint density at radius 2 is 1.34 bits per heavy atom. The number of sulfonamides is 1. The molecule has 1 fully saturated rings. The summed E-state index contributed by atoms with van der Waals surface area (Å²) in [5, 5.41) is 0. The molecule has 0 bridgehead atoms. The van der Waals surface area contributed by atoms with Crippen LogP contribution in [0.4, 0.5) is 0 Å². The van der Waals surface area contributed by atoms with Crippen LogP contribution in [0.15, 0.2) is 30.3 Å². The second kappa shape index (κ2) is 10.0. The Bertz CT molecular complexity index is 720. The van der Waals surface area contributed by atoms with Crippen molar-refractivity contribution in [2.75, 3.05) is 6.54 Å². The van der Waals surface area contributed by atoms with Gasteiger partial charge < -0.3 is 0 Å². The van der Waals surface area contributed by atoms with Crippen LogP contribution in [0.5, 0.6) is 0 Å². The minimum atomic E-state index is -3.33. The third-order valence-corrected chi connectivity index (χ3v) is 28.2. The van der Waals surface area contributed by atoms with E-state index >= 15 is 0 Å². The van der Waals surface area contributed by atoms with Crippen LogP contribution in [0, 0.1) is 0 Å². The molecule has 0 aromatic heterocycles. The van der Waals surface area contributed by atoms with E-state index in [1.165, 1.54) is 57.4 Å². The van der Waals surface area contributed by atoms with E-state index in [4.69, 9.17) is 0 Å². The van der Waals surface area contributed by atoms with E-state index in [0.29, 0.717) is 0 Å². The van der Waals surface area contributed by atoms with Crippen molar-refractivity contribution in [3.05, 3.63) is 35.9 Å². The predicted octanol–water partition coefficient (Wildman–Crippen LogP) is 6.71. The van der Waals surface area contributed by atoms with Crippen LogP contribution in [0.2, 0.25) is 13.3 Å². The topological polar surface area (TPSA) is 37.1 Å². The monoisotopic (exact) mass is 529 g/mol. The molecule has 1 aromatic carbocycles. The van der Waals surface area contributed by atoms with Gasteiger partial charge in [0.15, 0.2) is 0 Å². The van der Waals surface area contributed by atoms with Crippen molar-refractivity contribution < 1.29 is 8.42 Å². The van der Waals surface area contributed by atoms with Gasteiger partial charge in [0.1, 0.15) is 0 Å². The van der Waals surface area contributed by atoms with Gasteiger partial charge in [-0.2, -0.15) is 0 Å². The van der Waals surface area contributed by atoms with Crippen LogP contribution in [-0.2, 0) is 13.6 Å². The van der Waals surface area contributed by atoms with Crippen LogP contribution in [0.3, 0.4) is 0 Å². The fraction of sp³-hybridized carbons (Fsp3) is 0.750. The molecule has 2 unspecified atom stereocenters. The number of rotatable bonds is 12. The summed E-state index contributed by atoms with van der Waals surface area (Å²) < 4.78 is 32.2. The van der Waals surface area contributed by atoms with Crippen LogP contribution in [0.1, 0.15) is 85.6 Å². The van der Waals surface area contributed by atoms with Gasteiger partial charge in [-0.3, -0.25) is 0 Å². The minimum absolute atomic E-state index is 0.179. The first-order valence-corrected chi connectivity index (χ1v) is 20.6. The molecule has 1 heterocycles. The quantitative estimate of drug-likeness (QED) is 0.223. The fourth-order valence-electron chi connectivity index (χ4n) is 5.02. The summed E-state index contributed by atoms with van der Waals surface area (Å²) in [6.07, 6.45) is 7.36. The van der Waals surface area contributed by atoms with E-state index < -0.39 is 33.1 Å². The maximum atomic E-state index is 13.6. The van der Waals surface area contributed by atoms with Crippen molar-refractivity contribution in [1.29, 1.82) is 0 Å². The van der Waals surface area contributed by atoms with Crippen molar-refractivity contribution in [1.82, 2.24) is 4.31 Å². The molecule has 29 heavy (non-hydrogen) atoms. The Labute approximate surface area is 184 Å². The van der Waals surface area contributed by atoms with E-state index in [-0.39, 0.29) is 3.55 Å². The molecule has 0 spiro atoms. The summed E-state index contributed by atoms with van der Waals surface area (Å²) in [5.41, 5.74) is 1.28. The first kappa shape index (κ1) is 25.2. The zero-order valence-electron chi connectivity index (χ0n) is 19.6. The zero-order chi connectivity index (χ0) is 21.8. The molecule has 1 aliphatic rings. The summed E-state index contributed by atoms with van der Waals surface area (Å²) in [6.45, 7) is 13.1. The number of unbranched alkanes of at least 4 members (excludes halogenated alkanes) is 3. The molecule has 0 saturated carbocycles. The zero-order valence-corrected chi connectivity index (χ0v) is 23.3. The molecule has 0 aliphatic carbocycles. The Morgan fingerprint density at radius 1 is 0.897 bits per heavy atom. The number of nitrogens with zero attached hydrogens (tertiary/aromatic N) is 1. The van der Waals surface area contributed by atoms with Gasteiger partial charge >= 0.3 is 185 Å². The molecule has 0 amide bonds. The van der Waals surface area contributed by atoms with Gasteiger partial charge in [-0.05, 0) is 0 Å². The molecule has 2 rings (SSSR count). The van der Waals surface area contributed by atoms with Gasteiger partial charge in [0, 0.05) is 0 Å². The Kier molecular flexibility index (Phi) is 8.72. The first-order chi connectivity index (χ1) is 13.6. The molecule has 1 aromatic rings. The Balaban J connectivity index is 2.66. The second-order valence-electron chi connectivity index (χ2n) is 9.94. The number of hydrogen-bond acceptors (Lipinski definition) is 2. The van der Waals surface area contributed by atoms with E-state index in [1.807, 2.05) is 25.1 Å². The van der Waals surface area contributed by atoms with Gasteiger partial charge in [0.2, 0.25) is 0 Å². The van der Waals surface area contributed by atoms with E-state index in [9.17, 15) is 8.42 Å². The SMILES string of the molecule is CCC[CH2][Sn]([CH2]CCC)([CH2]CCC)[C]1(c2ccccc2)CN1S(=O)(=O)C(C)(C)C. The molecule has 3 nitrogen and oxygen atoms in total. The summed E-state index contributed by atoms with van der Waals surface area (Å²) in [5.74, 6) is 0. The van der Waals surface area contributed by atoms with E-state index in [1.54, 1.807) is 0 Å². The third-order valence-electron chi connectivity index (χ3n) is 6.91. The normalized spacial score (nSPS) is 22.6. The molecule has 1 saturated heterocycles. The van der Waals surface area contributed by atoms with Gasteiger partial charge in [-0.15, -0.1) is 0 Å². The van der Waals surface area contributed by atoms with Crippen LogP contribution >= 0.6 is 0 Å². The van der Waals surface area contributed by atoms with Gasteiger partial charge in [-0.25, -0.2) is 0 Å². The molecular formula is C24H43NO2SSn. The van der Waals surface area contributed by atoms with Crippen molar-refractivity contribution in [3.63, 3.8) is 0 Å². The molecule has 5 heteroatoms. The van der Waals surface area contributed by atoms with Gasteiger partial charge in [-0.1, -0.05) is 0 Å². The van der Waals surface area contributed by atoms with Crippen molar-refractivity contribution in [2.45, 2.75) is 102 Å². The summed E-state index contributed by atoms with van der Waals surface area (Å²) in [6, 6.07) is 10.7.